The zero-order valence-electron chi connectivity index (χ0n) is 14.7. The highest BCUT2D eigenvalue weighted by atomic mass is 19.1. The van der Waals surface area contributed by atoms with E-state index in [-0.39, 0.29) is 30.1 Å². The lowest BCUT2D eigenvalue weighted by molar-refractivity contribution is -0.142. The third kappa shape index (κ3) is 4.03. The van der Waals surface area contributed by atoms with Gasteiger partial charge in [0.2, 0.25) is 11.8 Å². The third-order valence-electron chi connectivity index (χ3n) is 5.31. The van der Waals surface area contributed by atoms with Crippen LogP contribution in [0.5, 0.6) is 0 Å². The highest BCUT2D eigenvalue weighted by Gasteiger charge is 2.50. The van der Waals surface area contributed by atoms with E-state index in [0.717, 1.165) is 0 Å². The number of piperidine rings is 1. The normalized spacial score (nSPS) is 22.8. The predicted octanol–water partition coefficient (Wildman–Crippen LogP) is 1.71. The number of likely N-dealkylation sites (tertiary alicyclic amines) is 1. The molecule has 0 spiro atoms. The number of halogens is 1. The van der Waals surface area contributed by atoms with Crippen molar-refractivity contribution in [3.05, 3.63) is 35.1 Å². The largest absolute Gasteiger partial charge is 0.481 e. The Morgan fingerprint density at radius 2 is 1.92 bits per heavy atom. The number of nitrogens with zero attached hydrogens (tertiary/aromatic N) is 1. The number of hydrogen-bond donors (Lipinski definition) is 2. The van der Waals surface area contributed by atoms with Gasteiger partial charge in [-0.3, -0.25) is 14.4 Å². The van der Waals surface area contributed by atoms with Gasteiger partial charge in [-0.25, -0.2) is 4.39 Å². The molecule has 1 saturated heterocycles. The van der Waals surface area contributed by atoms with Crippen molar-refractivity contribution in [3.63, 3.8) is 0 Å². The zero-order chi connectivity index (χ0) is 18.8. The molecule has 1 aromatic carbocycles. The SMILES string of the molecule is Cc1ccc(CNC(=O)C2CCN(C(=O)C3CC3C(=O)O)CC2)cc1F. The number of carboxylic acid groups (broad SMARTS) is 1. The molecule has 1 heterocycles. The van der Waals surface area contributed by atoms with Gasteiger partial charge in [0.25, 0.3) is 0 Å². The molecule has 2 atom stereocenters. The number of carboxylic acids is 1. The molecule has 0 bridgehead atoms. The minimum atomic E-state index is -0.912. The summed E-state index contributed by atoms with van der Waals surface area (Å²) in [7, 11) is 0. The third-order valence-corrected chi connectivity index (χ3v) is 5.31. The lowest BCUT2D eigenvalue weighted by Gasteiger charge is -2.31. The monoisotopic (exact) mass is 362 g/mol. The average molecular weight is 362 g/mol. The van der Waals surface area contributed by atoms with Crippen LogP contribution in [-0.4, -0.2) is 40.9 Å². The van der Waals surface area contributed by atoms with E-state index in [2.05, 4.69) is 5.32 Å². The maximum absolute atomic E-state index is 13.5. The zero-order valence-corrected chi connectivity index (χ0v) is 14.7. The van der Waals surface area contributed by atoms with E-state index in [4.69, 9.17) is 5.11 Å². The molecule has 2 fully saturated rings. The fraction of sp³-hybridized carbons (Fsp3) is 0.526. The number of carbonyl (C=O) groups excluding carboxylic acids is 2. The molecule has 140 valence electrons. The number of aliphatic carboxylic acids is 1. The highest BCUT2D eigenvalue weighted by molar-refractivity contribution is 5.89. The van der Waals surface area contributed by atoms with Crippen LogP contribution in [0.3, 0.4) is 0 Å². The average Bonchev–Trinajstić information content (AvgIpc) is 3.43. The molecule has 1 aliphatic heterocycles. The van der Waals surface area contributed by atoms with Crippen molar-refractivity contribution in [3.8, 4) is 0 Å². The second kappa shape index (κ2) is 7.43. The number of hydrogen-bond acceptors (Lipinski definition) is 3. The second-order valence-corrected chi connectivity index (χ2v) is 7.19. The first-order valence-electron chi connectivity index (χ1n) is 8.91. The van der Waals surface area contributed by atoms with Crippen molar-refractivity contribution in [2.24, 2.45) is 17.8 Å². The van der Waals surface area contributed by atoms with Crippen LogP contribution in [0.1, 0.15) is 30.4 Å². The Morgan fingerprint density at radius 1 is 1.23 bits per heavy atom. The van der Waals surface area contributed by atoms with Crippen LogP contribution in [0.15, 0.2) is 18.2 Å². The van der Waals surface area contributed by atoms with E-state index in [1.165, 1.54) is 6.07 Å². The van der Waals surface area contributed by atoms with Crippen molar-refractivity contribution in [1.29, 1.82) is 0 Å². The topological polar surface area (TPSA) is 86.7 Å². The molecule has 26 heavy (non-hydrogen) atoms. The number of nitrogens with one attached hydrogen (secondary N) is 1. The Bertz CT molecular complexity index is 728. The molecule has 1 aromatic rings. The molecular weight excluding hydrogens is 339 g/mol. The summed E-state index contributed by atoms with van der Waals surface area (Å²) in [5, 5.41) is 11.8. The van der Waals surface area contributed by atoms with E-state index in [1.807, 2.05) is 0 Å². The van der Waals surface area contributed by atoms with E-state index in [0.29, 0.717) is 43.5 Å². The maximum Gasteiger partial charge on any atom is 0.307 e. The summed E-state index contributed by atoms with van der Waals surface area (Å²) in [6, 6.07) is 4.89. The lowest BCUT2D eigenvalue weighted by Crippen LogP contribution is -2.43. The smallest absolute Gasteiger partial charge is 0.307 e. The first-order valence-corrected chi connectivity index (χ1v) is 8.91. The van der Waals surface area contributed by atoms with E-state index in [1.54, 1.807) is 24.0 Å². The summed E-state index contributed by atoms with van der Waals surface area (Å²) < 4.78 is 13.5. The van der Waals surface area contributed by atoms with Crippen LogP contribution in [-0.2, 0) is 20.9 Å². The van der Waals surface area contributed by atoms with Gasteiger partial charge in [-0.15, -0.1) is 0 Å². The van der Waals surface area contributed by atoms with Crippen LogP contribution in [0, 0.1) is 30.5 Å². The lowest BCUT2D eigenvalue weighted by atomic mass is 9.95. The fourth-order valence-electron chi connectivity index (χ4n) is 3.42. The van der Waals surface area contributed by atoms with Gasteiger partial charge in [0.05, 0.1) is 11.8 Å². The quantitative estimate of drug-likeness (QED) is 0.835. The molecule has 7 heteroatoms. The molecule has 0 aromatic heterocycles. The number of rotatable bonds is 5. The standard InChI is InChI=1S/C19H23FN2O4/c1-11-2-3-12(8-16(11)20)10-21-17(23)13-4-6-22(7-5-13)18(24)14-9-15(14)19(25)26/h2-3,8,13-15H,4-7,9-10H2,1H3,(H,21,23)(H,25,26). The van der Waals surface area contributed by atoms with Gasteiger partial charge in [0.15, 0.2) is 0 Å². The molecule has 0 radical (unpaired) electrons. The molecule has 2 amide bonds. The molecule has 2 aliphatic rings. The first kappa shape index (κ1) is 18.4. The van der Waals surface area contributed by atoms with Gasteiger partial charge in [-0.1, -0.05) is 12.1 Å². The van der Waals surface area contributed by atoms with Crippen LogP contribution in [0.2, 0.25) is 0 Å². The molecule has 6 nitrogen and oxygen atoms in total. The van der Waals surface area contributed by atoms with Gasteiger partial charge >= 0.3 is 5.97 Å². The van der Waals surface area contributed by atoms with Crippen molar-refractivity contribution >= 4 is 17.8 Å². The van der Waals surface area contributed by atoms with Crippen LogP contribution in [0.25, 0.3) is 0 Å². The van der Waals surface area contributed by atoms with Crippen LogP contribution in [0.4, 0.5) is 4.39 Å². The summed E-state index contributed by atoms with van der Waals surface area (Å²) in [6.07, 6.45) is 1.54. The van der Waals surface area contributed by atoms with Crippen molar-refractivity contribution < 1.29 is 23.9 Å². The number of carbonyl (C=O) groups is 3. The summed E-state index contributed by atoms with van der Waals surface area (Å²) in [5.74, 6) is -2.51. The Labute approximate surface area is 151 Å². The molecule has 2 N–H and O–H groups in total. The van der Waals surface area contributed by atoms with Crippen molar-refractivity contribution in [1.82, 2.24) is 10.2 Å². The van der Waals surface area contributed by atoms with Gasteiger partial charge in [0, 0.05) is 25.6 Å². The van der Waals surface area contributed by atoms with Gasteiger partial charge < -0.3 is 15.3 Å². The fourth-order valence-corrected chi connectivity index (χ4v) is 3.42. The molecular formula is C19H23FN2O4. The van der Waals surface area contributed by atoms with Crippen LogP contribution >= 0.6 is 0 Å². The van der Waals surface area contributed by atoms with E-state index in [9.17, 15) is 18.8 Å². The molecule has 3 rings (SSSR count). The summed E-state index contributed by atoms with van der Waals surface area (Å²) in [6.45, 7) is 2.91. The van der Waals surface area contributed by atoms with Crippen molar-refractivity contribution in [2.75, 3.05) is 13.1 Å². The summed E-state index contributed by atoms with van der Waals surface area (Å²) in [4.78, 5) is 37.1. The molecule has 1 aliphatic carbocycles. The van der Waals surface area contributed by atoms with Crippen LogP contribution < -0.4 is 5.32 Å². The van der Waals surface area contributed by atoms with E-state index >= 15 is 0 Å². The van der Waals surface area contributed by atoms with Crippen molar-refractivity contribution in [2.45, 2.75) is 32.7 Å². The number of benzene rings is 1. The highest BCUT2D eigenvalue weighted by Crippen LogP contribution is 2.40. The number of amides is 2. The minimum absolute atomic E-state index is 0.0899. The molecule has 2 unspecified atom stereocenters. The Kier molecular flexibility index (Phi) is 5.25. The summed E-state index contributed by atoms with van der Waals surface area (Å²) >= 11 is 0. The Hall–Kier alpha value is -2.44. The number of aryl methyl sites for hydroxylation is 1. The first-order chi connectivity index (χ1) is 12.4. The molecule has 1 saturated carbocycles. The van der Waals surface area contributed by atoms with E-state index < -0.39 is 17.8 Å². The summed E-state index contributed by atoms with van der Waals surface area (Å²) in [5.41, 5.74) is 1.28. The Morgan fingerprint density at radius 3 is 2.50 bits per heavy atom. The maximum atomic E-state index is 13.5. The second-order valence-electron chi connectivity index (χ2n) is 7.19. The Balaban J connectivity index is 1.44. The minimum Gasteiger partial charge on any atom is -0.481 e. The van der Waals surface area contributed by atoms with Gasteiger partial charge in [-0.05, 0) is 43.4 Å². The van der Waals surface area contributed by atoms with Gasteiger partial charge in [0.1, 0.15) is 5.82 Å². The van der Waals surface area contributed by atoms with Gasteiger partial charge in [-0.2, -0.15) is 0 Å². The predicted molar refractivity (Wildman–Crippen MR) is 91.5 cm³/mol.